The molecule has 2 aliphatic carbocycles. The van der Waals surface area contributed by atoms with Crippen LogP contribution in [0.2, 0.25) is 0 Å². The molecule has 2 aromatic heterocycles. The van der Waals surface area contributed by atoms with Gasteiger partial charge in [0.25, 0.3) is 0 Å². The highest BCUT2D eigenvalue weighted by molar-refractivity contribution is 7.15. The van der Waals surface area contributed by atoms with Crippen LogP contribution < -0.4 is 11.3 Å². The first-order valence-electron chi connectivity index (χ1n) is 7.24. The monoisotopic (exact) mass is 276 g/mol. The zero-order chi connectivity index (χ0) is 12.8. The van der Waals surface area contributed by atoms with Gasteiger partial charge in [-0.25, -0.2) is 4.98 Å². The summed E-state index contributed by atoms with van der Waals surface area (Å²) in [5.41, 5.74) is 4.22. The van der Waals surface area contributed by atoms with Gasteiger partial charge in [-0.3, -0.25) is 15.7 Å². The number of nitrogens with zero attached hydrogens (tertiary/aromatic N) is 2. The van der Waals surface area contributed by atoms with Crippen molar-refractivity contribution in [1.82, 2.24) is 14.8 Å². The van der Waals surface area contributed by atoms with Gasteiger partial charge in [-0.2, -0.15) is 0 Å². The molecule has 2 aromatic rings. The van der Waals surface area contributed by atoms with Gasteiger partial charge in [-0.1, -0.05) is 12.8 Å². The topological polar surface area (TPSA) is 55.3 Å². The van der Waals surface area contributed by atoms with Crippen molar-refractivity contribution >= 4 is 16.3 Å². The van der Waals surface area contributed by atoms with Crippen LogP contribution in [0.5, 0.6) is 0 Å². The fourth-order valence-electron chi connectivity index (χ4n) is 4.05. The summed E-state index contributed by atoms with van der Waals surface area (Å²) in [7, 11) is 0. The lowest BCUT2D eigenvalue weighted by atomic mass is 10.0. The van der Waals surface area contributed by atoms with Crippen molar-refractivity contribution in [3.8, 4) is 0 Å². The lowest BCUT2D eigenvalue weighted by Crippen LogP contribution is -2.39. The molecule has 3 atom stereocenters. The zero-order valence-corrected chi connectivity index (χ0v) is 11.8. The fraction of sp³-hybridized carbons (Fsp3) is 0.643. The predicted molar refractivity (Wildman–Crippen MR) is 76.8 cm³/mol. The summed E-state index contributed by atoms with van der Waals surface area (Å²) >= 11 is 1.69. The van der Waals surface area contributed by atoms with E-state index >= 15 is 0 Å². The normalized spacial score (nSPS) is 31.3. The first-order chi connectivity index (χ1) is 9.36. The number of imidazole rings is 1. The molecule has 0 spiro atoms. The maximum atomic E-state index is 5.80. The molecule has 0 saturated heterocycles. The zero-order valence-electron chi connectivity index (χ0n) is 11.0. The number of nitrogens with two attached hydrogens (primary N) is 1. The Hall–Kier alpha value is -0.910. The number of hydrogen-bond donors (Lipinski definition) is 2. The van der Waals surface area contributed by atoms with E-state index in [0.29, 0.717) is 6.04 Å². The molecule has 2 fully saturated rings. The van der Waals surface area contributed by atoms with Crippen LogP contribution in [0.15, 0.2) is 17.8 Å². The van der Waals surface area contributed by atoms with Crippen molar-refractivity contribution in [2.75, 3.05) is 0 Å². The molecule has 2 saturated carbocycles. The van der Waals surface area contributed by atoms with Crippen LogP contribution >= 0.6 is 11.3 Å². The summed E-state index contributed by atoms with van der Waals surface area (Å²) in [5.74, 6) is 8.45. The minimum absolute atomic E-state index is 0.401. The van der Waals surface area contributed by atoms with E-state index < -0.39 is 0 Å². The largest absolute Gasteiger partial charge is 0.297 e. The number of hydrazine groups is 1. The third-order valence-corrected chi connectivity index (χ3v) is 5.74. The average molecular weight is 276 g/mol. The van der Waals surface area contributed by atoms with Crippen LogP contribution in [0.3, 0.4) is 0 Å². The Balaban J connectivity index is 1.49. The summed E-state index contributed by atoms with van der Waals surface area (Å²) in [6, 6.07) is 0.401. The van der Waals surface area contributed by atoms with Crippen molar-refractivity contribution in [3.63, 3.8) is 0 Å². The minimum Gasteiger partial charge on any atom is -0.297 e. The molecule has 2 aliphatic rings. The molecule has 0 aliphatic heterocycles. The molecule has 0 aromatic carbocycles. The molecule has 0 amide bonds. The summed E-state index contributed by atoms with van der Waals surface area (Å²) in [6.45, 7) is 0. The van der Waals surface area contributed by atoms with Crippen molar-refractivity contribution in [1.29, 1.82) is 0 Å². The second-order valence-corrected chi connectivity index (χ2v) is 6.86. The van der Waals surface area contributed by atoms with Gasteiger partial charge in [0.15, 0.2) is 4.96 Å². The van der Waals surface area contributed by atoms with E-state index in [-0.39, 0.29) is 0 Å². The second kappa shape index (κ2) is 4.58. The second-order valence-electron chi connectivity index (χ2n) is 5.99. The molecular formula is C14H20N4S. The lowest BCUT2D eigenvalue weighted by Gasteiger charge is -2.14. The first-order valence-corrected chi connectivity index (χ1v) is 8.12. The van der Waals surface area contributed by atoms with Crippen LogP contribution in [0.1, 0.15) is 31.4 Å². The lowest BCUT2D eigenvalue weighted by molar-refractivity contribution is 0.434. The molecule has 3 unspecified atom stereocenters. The molecule has 4 nitrogen and oxygen atoms in total. The highest BCUT2D eigenvalue weighted by Gasteiger charge is 2.53. The molecule has 0 radical (unpaired) electrons. The van der Waals surface area contributed by atoms with Crippen LogP contribution in [-0.4, -0.2) is 15.4 Å². The molecule has 5 heteroatoms. The number of aromatic nitrogens is 2. The highest BCUT2D eigenvalue weighted by atomic mass is 32.1. The third kappa shape index (κ3) is 2.00. The quantitative estimate of drug-likeness (QED) is 0.665. The summed E-state index contributed by atoms with van der Waals surface area (Å²) in [6.07, 6.45) is 10.8. The Morgan fingerprint density at radius 3 is 2.89 bits per heavy atom. The molecular weight excluding hydrogens is 256 g/mol. The Morgan fingerprint density at radius 2 is 2.21 bits per heavy atom. The van der Waals surface area contributed by atoms with Crippen LogP contribution in [0.25, 0.3) is 4.96 Å². The molecule has 3 N–H and O–H groups in total. The van der Waals surface area contributed by atoms with Gasteiger partial charge in [0, 0.05) is 30.2 Å². The first kappa shape index (κ1) is 11.9. The number of nitrogens with one attached hydrogen (secondary N) is 1. The fourth-order valence-corrected chi connectivity index (χ4v) is 4.77. The molecule has 19 heavy (non-hydrogen) atoms. The van der Waals surface area contributed by atoms with E-state index in [0.717, 1.165) is 29.1 Å². The maximum absolute atomic E-state index is 5.80. The summed E-state index contributed by atoms with van der Waals surface area (Å²) in [5, 5.41) is 2.07. The Labute approximate surface area is 117 Å². The van der Waals surface area contributed by atoms with Crippen LogP contribution in [0.4, 0.5) is 0 Å². The van der Waals surface area contributed by atoms with Gasteiger partial charge < -0.3 is 0 Å². The van der Waals surface area contributed by atoms with Gasteiger partial charge >= 0.3 is 0 Å². The van der Waals surface area contributed by atoms with Gasteiger partial charge in [-0.15, -0.1) is 11.3 Å². The van der Waals surface area contributed by atoms with Crippen molar-refractivity contribution in [2.45, 2.75) is 38.1 Å². The van der Waals surface area contributed by atoms with Crippen LogP contribution in [-0.2, 0) is 6.42 Å². The molecule has 2 heterocycles. The van der Waals surface area contributed by atoms with Gasteiger partial charge in [0.1, 0.15) is 0 Å². The van der Waals surface area contributed by atoms with Gasteiger partial charge in [0.2, 0.25) is 0 Å². The Kier molecular flexibility index (Phi) is 2.86. The number of hydrogen-bond acceptors (Lipinski definition) is 4. The van der Waals surface area contributed by atoms with Crippen molar-refractivity contribution in [2.24, 2.45) is 23.6 Å². The van der Waals surface area contributed by atoms with E-state index in [1.165, 1.54) is 31.4 Å². The SMILES string of the molecule is NNC(Cc1cn2ccsc2n1)C1C2CCCCC21. The van der Waals surface area contributed by atoms with E-state index in [1.807, 2.05) is 0 Å². The van der Waals surface area contributed by atoms with E-state index in [4.69, 9.17) is 5.84 Å². The smallest absolute Gasteiger partial charge is 0.193 e. The van der Waals surface area contributed by atoms with Gasteiger partial charge in [0.05, 0.1) is 5.69 Å². The molecule has 102 valence electrons. The Morgan fingerprint density at radius 1 is 1.42 bits per heavy atom. The number of rotatable bonds is 4. The summed E-state index contributed by atoms with van der Waals surface area (Å²) in [4.78, 5) is 5.76. The van der Waals surface area contributed by atoms with Crippen molar-refractivity contribution < 1.29 is 0 Å². The number of thiazole rings is 1. The van der Waals surface area contributed by atoms with E-state index in [9.17, 15) is 0 Å². The third-order valence-electron chi connectivity index (χ3n) is 4.97. The number of fused-ring (bicyclic) bond motifs is 2. The average Bonchev–Trinajstić information content (AvgIpc) is 2.76. The Bertz CT molecular complexity index is 534. The van der Waals surface area contributed by atoms with Crippen molar-refractivity contribution in [3.05, 3.63) is 23.5 Å². The highest BCUT2D eigenvalue weighted by Crippen LogP contribution is 2.57. The van der Waals surface area contributed by atoms with Gasteiger partial charge in [-0.05, 0) is 30.6 Å². The van der Waals surface area contributed by atoms with E-state index in [1.54, 1.807) is 11.3 Å². The standard InChI is InChI=1S/C14H20N4S/c15-17-12(13-10-3-1-2-4-11(10)13)7-9-8-18-5-6-19-14(18)16-9/h5-6,8,10-13,17H,1-4,7,15H2. The predicted octanol–water partition coefficient (Wildman–Crippen LogP) is 2.21. The van der Waals surface area contributed by atoms with Crippen LogP contribution in [0, 0.1) is 17.8 Å². The maximum Gasteiger partial charge on any atom is 0.193 e. The van der Waals surface area contributed by atoms with E-state index in [2.05, 4.69) is 32.6 Å². The molecule has 4 rings (SSSR count). The minimum atomic E-state index is 0.401. The molecule has 0 bridgehead atoms. The summed E-state index contributed by atoms with van der Waals surface area (Å²) < 4.78 is 2.10.